The maximum atomic E-state index is 7.50. The van der Waals surface area contributed by atoms with E-state index in [9.17, 15) is 0 Å². The van der Waals surface area contributed by atoms with Crippen molar-refractivity contribution < 1.29 is 51.0 Å². The van der Waals surface area contributed by atoms with E-state index in [1.165, 1.54) is 64.2 Å². The fraction of sp³-hybridized carbons (Fsp3) is 0.714. The first kappa shape index (κ1) is 27.1. The van der Waals surface area contributed by atoms with Crippen LogP contribution in [0.25, 0.3) is 0 Å². The van der Waals surface area contributed by atoms with Crippen molar-refractivity contribution in [2.24, 2.45) is 0 Å². The molecule has 0 aromatic rings. The zero-order valence-corrected chi connectivity index (χ0v) is 14.6. The summed E-state index contributed by atoms with van der Waals surface area (Å²) in [6, 6.07) is 0. The molecular formula is C14H26O2Ru2+2. The molecular weight excluding hydrogens is 405 g/mol. The smallest absolute Gasteiger partial charge is 0.358 e. The Labute approximate surface area is 143 Å². The summed E-state index contributed by atoms with van der Waals surface area (Å²) in [5, 5.41) is 0. The van der Waals surface area contributed by atoms with Crippen LogP contribution in [-0.2, 0) is 48.3 Å². The third-order valence-electron chi connectivity index (χ3n) is 2.50. The molecule has 4 heteroatoms. The van der Waals surface area contributed by atoms with Crippen LogP contribution in [0.4, 0.5) is 0 Å². The van der Waals surface area contributed by atoms with Crippen molar-refractivity contribution in [1.29, 1.82) is 0 Å². The van der Waals surface area contributed by atoms with E-state index in [4.69, 9.17) is 12.0 Å². The SMILES string of the molecule is C1CCCC1.C1CCCC1.[13C-]#[O+].[13C-]#[O+].[13CH3-].[2H][CH-][2H].[Ru+3].[Ru+]. The van der Waals surface area contributed by atoms with Crippen LogP contribution in [0.3, 0.4) is 0 Å². The summed E-state index contributed by atoms with van der Waals surface area (Å²) in [6.45, 7) is 9.00. The van der Waals surface area contributed by atoms with Crippen molar-refractivity contribution in [1.82, 2.24) is 0 Å². The van der Waals surface area contributed by atoms with Crippen LogP contribution < -0.4 is 0 Å². The minimum Gasteiger partial charge on any atom is -0.358 e. The average Bonchev–Trinajstić information content (AvgIpc) is 3.13. The Kier molecular flexibility index (Phi) is 65.0. The molecule has 0 bridgehead atoms. The van der Waals surface area contributed by atoms with E-state index >= 15 is 0 Å². The maximum absolute atomic E-state index is 7.50. The van der Waals surface area contributed by atoms with Crippen LogP contribution in [0.5, 0.6) is 0 Å². The normalized spacial score (nSPS) is 14.7. The molecule has 18 heavy (non-hydrogen) atoms. The molecule has 0 spiro atoms. The fourth-order valence-corrected chi connectivity index (χ4v) is 1.77. The molecule has 108 valence electrons. The van der Waals surface area contributed by atoms with Gasteiger partial charge in [0.1, 0.15) is 0 Å². The average molecular weight is 433 g/mol. The molecule has 2 saturated carbocycles. The summed E-state index contributed by atoms with van der Waals surface area (Å²) in [6.07, 6.45) is 15.0. The van der Waals surface area contributed by atoms with Crippen LogP contribution in [0.15, 0.2) is 0 Å². The molecule has 0 unspecified atom stereocenters. The van der Waals surface area contributed by atoms with Gasteiger partial charge < -0.3 is 14.8 Å². The second-order valence-electron chi connectivity index (χ2n) is 3.54. The maximum Gasteiger partial charge on any atom is 3.00 e. The summed E-state index contributed by atoms with van der Waals surface area (Å²) in [7, 11) is 0.500. The van der Waals surface area contributed by atoms with Gasteiger partial charge in [-0.1, -0.05) is 64.2 Å². The molecule has 0 amide bonds. The van der Waals surface area contributed by atoms with Gasteiger partial charge in [0.05, 0.1) is 0 Å². The first-order chi connectivity index (χ1) is 8.41. The third-order valence-corrected chi connectivity index (χ3v) is 2.50. The molecule has 2 fully saturated rings. The topological polar surface area (TPSA) is 39.8 Å². The van der Waals surface area contributed by atoms with E-state index in [0.717, 1.165) is 0 Å². The molecule has 0 aliphatic heterocycles. The van der Waals surface area contributed by atoms with Gasteiger partial charge in [-0.3, -0.25) is 0 Å². The monoisotopic (exact) mass is 435 g/mol. The fourth-order valence-electron chi connectivity index (χ4n) is 1.77. The van der Waals surface area contributed by atoms with Crippen molar-refractivity contribution in [2.75, 3.05) is 0 Å². The molecule has 0 N–H and O–H groups in total. The predicted octanol–water partition coefficient (Wildman–Crippen LogP) is 4.72. The van der Waals surface area contributed by atoms with Gasteiger partial charge in [-0.15, -0.1) is 0 Å². The van der Waals surface area contributed by atoms with E-state index in [2.05, 4.69) is 13.3 Å². The van der Waals surface area contributed by atoms with Gasteiger partial charge in [-0.05, 0) is 0 Å². The second-order valence-corrected chi connectivity index (χ2v) is 3.54. The summed E-state index contributed by atoms with van der Waals surface area (Å²) in [5.41, 5.74) is 0. The first-order valence-electron chi connectivity index (χ1n) is 6.56. The van der Waals surface area contributed by atoms with Gasteiger partial charge in [0.25, 0.3) is 0 Å². The largest absolute Gasteiger partial charge is 3.00 e. The first-order valence-corrected chi connectivity index (χ1v) is 5.41. The van der Waals surface area contributed by atoms with Crippen LogP contribution in [0, 0.1) is 28.1 Å². The quantitative estimate of drug-likeness (QED) is 0.230. The van der Waals surface area contributed by atoms with Crippen LogP contribution >= 0.6 is 0 Å². The minimum atomic E-state index is 0. The van der Waals surface area contributed by atoms with Gasteiger partial charge in [0.15, 0.2) is 0 Å². The van der Waals surface area contributed by atoms with Gasteiger partial charge >= 0.3 is 61.6 Å². The van der Waals surface area contributed by atoms with Crippen molar-refractivity contribution in [2.45, 2.75) is 64.2 Å². The zero-order valence-electron chi connectivity index (χ0n) is 13.2. The van der Waals surface area contributed by atoms with Crippen molar-refractivity contribution >= 4 is 0 Å². The van der Waals surface area contributed by atoms with Crippen molar-refractivity contribution in [3.63, 3.8) is 0 Å². The molecule has 2 radical (unpaired) electrons. The van der Waals surface area contributed by atoms with Crippen LogP contribution in [-0.4, -0.2) is 0 Å². The second kappa shape index (κ2) is 43.1. The van der Waals surface area contributed by atoms with Crippen LogP contribution in [0.2, 0.25) is 0 Å². The molecule has 2 aliphatic carbocycles. The molecule has 0 aromatic carbocycles. The predicted molar refractivity (Wildman–Crippen MR) is 66.9 cm³/mol. The summed E-state index contributed by atoms with van der Waals surface area (Å²) in [5.74, 6) is 0. The Morgan fingerprint density at radius 3 is 0.722 bits per heavy atom. The molecule has 0 aromatic heterocycles. The molecule has 2 nitrogen and oxygen atoms in total. The van der Waals surface area contributed by atoms with E-state index in [1.54, 1.807) is 0 Å². The van der Waals surface area contributed by atoms with E-state index < -0.39 is 0 Å². The zero-order chi connectivity index (χ0) is 13.8. The molecule has 0 atom stereocenters. The number of hydrogen-bond donors (Lipinski definition) is 0. The molecule has 0 saturated heterocycles. The number of hydrogen-bond acceptors (Lipinski definition) is 0. The van der Waals surface area contributed by atoms with Crippen molar-refractivity contribution in [3.05, 3.63) is 28.1 Å². The standard InChI is InChI=1S/2C5H10.2CO.2CH3.2Ru/c2*1-2-4-5-3-1;2*1-2;;;;/h2*1-5H2;;;2*1H3;;/q;;;;2*-1;+1;+3/i;;3*1+1;1D2;;. The van der Waals surface area contributed by atoms with Gasteiger partial charge in [-0.25, -0.2) is 2.74 Å². The van der Waals surface area contributed by atoms with E-state index in [0.29, 0.717) is 7.38 Å². The van der Waals surface area contributed by atoms with Gasteiger partial charge in [0, 0.05) is 0 Å². The number of rotatable bonds is 0. The Morgan fingerprint density at radius 2 is 0.667 bits per heavy atom. The molecule has 2 aliphatic rings. The Hall–Kier alpha value is 0.727. The van der Waals surface area contributed by atoms with Gasteiger partial charge in [0.2, 0.25) is 0 Å². The van der Waals surface area contributed by atoms with E-state index in [1.807, 2.05) is 0 Å². The van der Waals surface area contributed by atoms with Gasteiger partial charge in [-0.2, -0.15) is 0 Å². The Balaban J connectivity index is -0.0000000313. The van der Waals surface area contributed by atoms with Crippen LogP contribution in [0.1, 0.15) is 66.9 Å². The molecule has 0 heterocycles. The Morgan fingerprint density at radius 1 is 0.611 bits per heavy atom. The minimum absolute atomic E-state index is 0. The summed E-state index contributed by atoms with van der Waals surface area (Å²) in [4.78, 5) is 0. The Bertz CT molecular complexity index is 117. The van der Waals surface area contributed by atoms with E-state index in [-0.39, 0.29) is 46.4 Å². The molecule has 2 rings (SSSR count). The summed E-state index contributed by atoms with van der Waals surface area (Å²) < 4.78 is 26.5. The van der Waals surface area contributed by atoms with Crippen molar-refractivity contribution in [3.8, 4) is 0 Å². The third kappa shape index (κ3) is 36.0. The summed E-state index contributed by atoms with van der Waals surface area (Å²) >= 11 is 0.